The number of hydrogen-bond donors (Lipinski definition) is 2. The fourth-order valence-corrected chi connectivity index (χ4v) is 4.34. The molecular weight excluding hydrogens is 250 g/mol. The second-order valence-electron chi connectivity index (χ2n) is 7.26. The van der Waals surface area contributed by atoms with Crippen molar-refractivity contribution in [3.63, 3.8) is 0 Å². The summed E-state index contributed by atoms with van der Waals surface area (Å²) in [4.78, 5) is 15.4. The van der Waals surface area contributed by atoms with Crippen molar-refractivity contribution in [2.75, 3.05) is 26.2 Å². The smallest absolute Gasteiger partial charge is 0.228 e. The molecule has 114 valence electrons. The number of carbonyl (C=O) groups is 1. The molecule has 3 fully saturated rings. The van der Waals surface area contributed by atoms with Gasteiger partial charge in [0.15, 0.2) is 0 Å². The van der Waals surface area contributed by atoms with Crippen LogP contribution in [0.3, 0.4) is 0 Å². The minimum Gasteiger partial charge on any atom is -0.353 e. The van der Waals surface area contributed by atoms with Crippen LogP contribution < -0.4 is 10.6 Å². The molecule has 0 radical (unpaired) electrons. The minimum atomic E-state index is -0.174. The number of fused-ring (bicyclic) bond motifs is 1. The van der Waals surface area contributed by atoms with Crippen LogP contribution in [0.15, 0.2) is 0 Å². The first-order chi connectivity index (χ1) is 9.62. The van der Waals surface area contributed by atoms with Crippen LogP contribution in [0, 0.1) is 11.3 Å². The zero-order valence-electron chi connectivity index (χ0n) is 13.0. The molecule has 4 nitrogen and oxygen atoms in total. The third kappa shape index (κ3) is 2.48. The molecule has 1 amide bonds. The first kappa shape index (κ1) is 14.3. The van der Waals surface area contributed by atoms with Gasteiger partial charge in [-0.3, -0.25) is 4.79 Å². The number of rotatable bonds is 3. The Morgan fingerprint density at radius 2 is 2.20 bits per heavy atom. The summed E-state index contributed by atoms with van der Waals surface area (Å²) in [6.45, 7) is 8.64. The van der Waals surface area contributed by atoms with E-state index < -0.39 is 0 Å². The number of hydrogen-bond acceptors (Lipinski definition) is 3. The van der Waals surface area contributed by atoms with Gasteiger partial charge in [-0.15, -0.1) is 0 Å². The summed E-state index contributed by atoms with van der Waals surface area (Å²) in [6.07, 6.45) is 5.93. The molecule has 3 rings (SSSR count). The predicted octanol–water partition coefficient (Wildman–Crippen LogP) is 1.37. The van der Waals surface area contributed by atoms with Crippen molar-refractivity contribution in [1.29, 1.82) is 0 Å². The summed E-state index contributed by atoms with van der Waals surface area (Å²) < 4.78 is 0. The standard InChI is InChI=1S/C16H29N3O/c1-12(2)16(6-7-17-11-16)15(20)18-13-5-9-19-8-3-4-14(19)10-13/h12-14,17H,3-11H2,1-2H3,(H,18,20). The van der Waals surface area contributed by atoms with Gasteiger partial charge in [0.1, 0.15) is 0 Å². The van der Waals surface area contributed by atoms with Crippen molar-refractivity contribution in [1.82, 2.24) is 15.5 Å². The maximum atomic E-state index is 12.8. The van der Waals surface area contributed by atoms with E-state index in [2.05, 4.69) is 29.4 Å². The molecule has 0 spiro atoms. The second kappa shape index (κ2) is 5.64. The molecule has 0 aromatic rings. The average Bonchev–Trinajstić information content (AvgIpc) is 3.07. The van der Waals surface area contributed by atoms with Crippen molar-refractivity contribution < 1.29 is 4.79 Å². The van der Waals surface area contributed by atoms with Crippen LogP contribution >= 0.6 is 0 Å². The molecule has 0 aromatic heterocycles. The molecule has 3 aliphatic heterocycles. The van der Waals surface area contributed by atoms with Crippen LogP contribution in [0.4, 0.5) is 0 Å². The van der Waals surface area contributed by atoms with E-state index in [4.69, 9.17) is 0 Å². The average molecular weight is 279 g/mol. The highest BCUT2D eigenvalue weighted by atomic mass is 16.2. The van der Waals surface area contributed by atoms with E-state index in [1.165, 1.54) is 25.9 Å². The summed E-state index contributed by atoms with van der Waals surface area (Å²) in [5, 5.41) is 6.77. The maximum Gasteiger partial charge on any atom is 0.228 e. The lowest BCUT2D eigenvalue weighted by Gasteiger charge is -2.38. The third-order valence-electron chi connectivity index (χ3n) is 5.90. The largest absolute Gasteiger partial charge is 0.353 e. The van der Waals surface area contributed by atoms with Gasteiger partial charge in [-0.1, -0.05) is 13.8 Å². The Hall–Kier alpha value is -0.610. The Balaban J connectivity index is 1.61. The Morgan fingerprint density at radius 3 is 2.90 bits per heavy atom. The van der Waals surface area contributed by atoms with Crippen LogP contribution in [-0.2, 0) is 4.79 Å². The van der Waals surface area contributed by atoms with Crippen molar-refractivity contribution in [2.24, 2.45) is 11.3 Å². The van der Waals surface area contributed by atoms with E-state index in [0.29, 0.717) is 17.9 Å². The second-order valence-corrected chi connectivity index (χ2v) is 7.26. The summed E-state index contributed by atoms with van der Waals surface area (Å²) in [5.41, 5.74) is -0.174. The minimum absolute atomic E-state index is 0.174. The molecule has 3 saturated heterocycles. The van der Waals surface area contributed by atoms with Gasteiger partial charge >= 0.3 is 0 Å². The first-order valence-corrected chi connectivity index (χ1v) is 8.37. The fraction of sp³-hybridized carbons (Fsp3) is 0.938. The molecular formula is C16H29N3O. The van der Waals surface area contributed by atoms with Crippen LogP contribution in [0.5, 0.6) is 0 Å². The quantitative estimate of drug-likeness (QED) is 0.820. The Kier molecular flexibility index (Phi) is 4.04. The van der Waals surface area contributed by atoms with Gasteiger partial charge in [0.2, 0.25) is 5.91 Å². The first-order valence-electron chi connectivity index (χ1n) is 8.37. The Bertz CT molecular complexity index is 363. The molecule has 0 bridgehead atoms. The summed E-state index contributed by atoms with van der Waals surface area (Å²) >= 11 is 0. The van der Waals surface area contributed by atoms with Crippen molar-refractivity contribution in [2.45, 2.75) is 58.0 Å². The van der Waals surface area contributed by atoms with E-state index in [-0.39, 0.29) is 5.41 Å². The number of carbonyl (C=O) groups excluding carboxylic acids is 1. The van der Waals surface area contributed by atoms with Crippen LogP contribution in [0.2, 0.25) is 0 Å². The summed E-state index contributed by atoms with van der Waals surface area (Å²) in [6, 6.07) is 1.13. The van der Waals surface area contributed by atoms with Gasteiger partial charge in [0, 0.05) is 25.2 Å². The number of nitrogens with zero attached hydrogens (tertiary/aromatic N) is 1. The van der Waals surface area contributed by atoms with E-state index in [1.807, 2.05) is 0 Å². The predicted molar refractivity (Wildman–Crippen MR) is 80.5 cm³/mol. The zero-order valence-corrected chi connectivity index (χ0v) is 13.0. The van der Waals surface area contributed by atoms with Crippen LogP contribution in [0.25, 0.3) is 0 Å². The number of piperidine rings is 1. The maximum absolute atomic E-state index is 12.8. The Labute approximate surface area is 122 Å². The lowest BCUT2D eigenvalue weighted by Crippen LogP contribution is -2.53. The highest BCUT2D eigenvalue weighted by Crippen LogP contribution is 2.35. The van der Waals surface area contributed by atoms with Crippen LogP contribution in [0.1, 0.15) is 46.0 Å². The molecule has 3 atom stereocenters. The molecule has 0 aliphatic carbocycles. The summed E-state index contributed by atoms with van der Waals surface area (Å²) in [5.74, 6) is 0.706. The topological polar surface area (TPSA) is 44.4 Å². The van der Waals surface area contributed by atoms with Gasteiger partial charge in [-0.25, -0.2) is 0 Å². The molecule has 4 heteroatoms. The van der Waals surface area contributed by atoms with E-state index in [1.54, 1.807) is 0 Å². The number of nitrogens with one attached hydrogen (secondary N) is 2. The molecule has 2 N–H and O–H groups in total. The zero-order chi connectivity index (χ0) is 14.2. The SMILES string of the molecule is CC(C)C1(C(=O)NC2CCN3CCCC3C2)CCNC1. The Morgan fingerprint density at radius 1 is 1.35 bits per heavy atom. The molecule has 0 aromatic carbocycles. The van der Waals surface area contributed by atoms with Gasteiger partial charge in [-0.2, -0.15) is 0 Å². The molecule has 20 heavy (non-hydrogen) atoms. The number of amides is 1. The molecule has 0 saturated carbocycles. The summed E-state index contributed by atoms with van der Waals surface area (Å²) in [7, 11) is 0. The van der Waals surface area contributed by atoms with Crippen molar-refractivity contribution in [3.8, 4) is 0 Å². The lowest BCUT2D eigenvalue weighted by molar-refractivity contribution is -0.133. The monoisotopic (exact) mass is 279 g/mol. The molecule has 3 unspecified atom stereocenters. The normalized spacial score (nSPS) is 38.1. The van der Waals surface area contributed by atoms with E-state index in [9.17, 15) is 4.79 Å². The van der Waals surface area contributed by atoms with Crippen LogP contribution in [-0.4, -0.2) is 49.1 Å². The van der Waals surface area contributed by atoms with E-state index >= 15 is 0 Å². The van der Waals surface area contributed by atoms with Gasteiger partial charge < -0.3 is 15.5 Å². The van der Waals surface area contributed by atoms with E-state index in [0.717, 1.165) is 38.4 Å². The molecule has 3 heterocycles. The lowest BCUT2D eigenvalue weighted by atomic mass is 9.75. The highest BCUT2D eigenvalue weighted by Gasteiger charge is 2.45. The van der Waals surface area contributed by atoms with Gasteiger partial charge in [0.05, 0.1) is 5.41 Å². The fourth-order valence-electron chi connectivity index (χ4n) is 4.34. The molecule has 3 aliphatic rings. The van der Waals surface area contributed by atoms with Crippen molar-refractivity contribution >= 4 is 5.91 Å². The van der Waals surface area contributed by atoms with Gasteiger partial charge in [0.25, 0.3) is 0 Å². The third-order valence-corrected chi connectivity index (χ3v) is 5.90. The highest BCUT2D eigenvalue weighted by molar-refractivity contribution is 5.83. The van der Waals surface area contributed by atoms with Crippen molar-refractivity contribution in [3.05, 3.63) is 0 Å². The van der Waals surface area contributed by atoms with Gasteiger partial charge in [-0.05, 0) is 51.1 Å².